The van der Waals surface area contributed by atoms with E-state index in [1.54, 1.807) is 0 Å². The SMILES string of the molecule is CN(C)S(=O)(=O)CCNc1ncc(C(F)(F)F)cc1Cl. The third-order valence-electron chi connectivity index (χ3n) is 2.38. The summed E-state index contributed by atoms with van der Waals surface area (Å²) in [6.45, 7) is -0.0153. The number of nitrogens with one attached hydrogen (secondary N) is 1. The number of sulfonamides is 1. The van der Waals surface area contributed by atoms with Crippen LogP contribution in [-0.4, -0.2) is 44.1 Å². The fourth-order valence-corrected chi connectivity index (χ4v) is 2.16. The second-order valence-corrected chi connectivity index (χ2v) is 6.79. The standard InChI is InChI=1S/C10H13ClF3N3O2S/c1-17(2)20(18,19)4-3-15-9-8(11)5-7(6-16-9)10(12,13)14/h5-6H,3-4H2,1-2H3,(H,15,16). The van der Waals surface area contributed by atoms with Gasteiger partial charge in [-0.05, 0) is 6.07 Å². The maximum atomic E-state index is 12.4. The number of hydrogen-bond donors (Lipinski definition) is 1. The molecule has 5 nitrogen and oxygen atoms in total. The molecule has 0 saturated carbocycles. The maximum Gasteiger partial charge on any atom is 0.417 e. The molecule has 1 rings (SSSR count). The Bertz CT molecular complexity index is 576. The molecule has 0 bridgehead atoms. The van der Waals surface area contributed by atoms with Gasteiger partial charge in [-0.15, -0.1) is 0 Å². The number of pyridine rings is 1. The molecule has 0 radical (unpaired) electrons. The van der Waals surface area contributed by atoms with E-state index < -0.39 is 21.8 Å². The van der Waals surface area contributed by atoms with Crippen LogP contribution in [0.3, 0.4) is 0 Å². The van der Waals surface area contributed by atoms with Gasteiger partial charge in [0.2, 0.25) is 10.0 Å². The van der Waals surface area contributed by atoms with Gasteiger partial charge < -0.3 is 5.32 Å². The molecule has 20 heavy (non-hydrogen) atoms. The third-order valence-corrected chi connectivity index (χ3v) is 4.50. The molecule has 0 atom stereocenters. The van der Waals surface area contributed by atoms with E-state index in [9.17, 15) is 21.6 Å². The van der Waals surface area contributed by atoms with Crippen LogP contribution in [0.1, 0.15) is 5.56 Å². The van der Waals surface area contributed by atoms with Gasteiger partial charge in [0.25, 0.3) is 0 Å². The highest BCUT2D eigenvalue weighted by molar-refractivity contribution is 7.89. The van der Waals surface area contributed by atoms with Crippen LogP contribution < -0.4 is 5.32 Å². The smallest absolute Gasteiger partial charge is 0.368 e. The average molecular weight is 332 g/mol. The number of halogens is 4. The largest absolute Gasteiger partial charge is 0.417 e. The Hall–Kier alpha value is -1.06. The third kappa shape index (κ3) is 4.50. The van der Waals surface area contributed by atoms with Crippen molar-refractivity contribution < 1.29 is 21.6 Å². The predicted molar refractivity (Wildman–Crippen MR) is 70.2 cm³/mol. The highest BCUT2D eigenvalue weighted by atomic mass is 35.5. The Kier molecular flexibility index (Phi) is 5.22. The lowest BCUT2D eigenvalue weighted by Crippen LogP contribution is -2.28. The van der Waals surface area contributed by atoms with Crippen LogP contribution in [0.15, 0.2) is 12.3 Å². The summed E-state index contributed by atoms with van der Waals surface area (Å²) in [5.41, 5.74) is -0.964. The Morgan fingerprint density at radius 1 is 1.40 bits per heavy atom. The van der Waals surface area contributed by atoms with E-state index in [0.29, 0.717) is 6.20 Å². The van der Waals surface area contributed by atoms with Gasteiger partial charge in [-0.1, -0.05) is 11.6 Å². The number of rotatable bonds is 5. The van der Waals surface area contributed by atoms with Crippen LogP contribution in [-0.2, 0) is 16.2 Å². The zero-order valence-corrected chi connectivity index (χ0v) is 12.3. The van der Waals surface area contributed by atoms with Crippen LogP contribution in [0.4, 0.5) is 19.0 Å². The molecule has 114 valence electrons. The molecule has 1 heterocycles. The number of anilines is 1. The molecule has 0 saturated heterocycles. The summed E-state index contributed by atoms with van der Waals surface area (Å²) >= 11 is 5.66. The van der Waals surface area contributed by atoms with Gasteiger partial charge in [-0.25, -0.2) is 17.7 Å². The minimum Gasteiger partial charge on any atom is -0.368 e. The topological polar surface area (TPSA) is 62.3 Å². The molecule has 1 aromatic rings. The van der Waals surface area contributed by atoms with Gasteiger partial charge in [0, 0.05) is 26.8 Å². The lowest BCUT2D eigenvalue weighted by Gasteiger charge is -2.13. The first-order chi connectivity index (χ1) is 9.04. The predicted octanol–water partition coefficient (Wildman–Crippen LogP) is 2.06. The molecule has 1 N–H and O–H groups in total. The van der Waals surface area contributed by atoms with Gasteiger partial charge in [0.1, 0.15) is 5.82 Å². The highest BCUT2D eigenvalue weighted by Crippen LogP contribution is 2.32. The minimum absolute atomic E-state index is 0.00798. The molecule has 1 aromatic heterocycles. The molecule has 10 heteroatoms. The number of alkyl halides is 3. The first-order valence-electron chi connectivity index (χ1n) is 5.41. The van der Waals surface area contributed by atoms with Crippen molar-refractivity contribution in [3.8, 4) is 0 Å². The molecule has 0 aliphatic heterocycles. The van der Waals surface area contributed by atoms with Crippen molar-refractivity contribution in [2.45, 2.75) is 6.18 Å². The second kappa shape index (κ2) is 6.15. The lowest BCUT2D eigenvalue weighted by molar-refractivity contribution is -0.137. The highest BCUT2D eigenvalue weighted by Gasteiger charge is 2.31. The summed E-state index contributed by atoms with van der Waals surface area (Å²) in [5, 5.41) is 2.37. The summed E-state index contributed by atoms with van der Waals surface area (Å²) in [7, 11) is -0.617. The summed E-state index contributed by atoms with van der Waals surface area (Å²) in [6, 6.07) is 0.733. The van der Waals surface area contributed by atoms with Gasteiger partial charge in [-0.2, -0.15) is 13.2 Å². The first-order valence-corrected chi connectivity index (χ1v) is 7.39. The van der Waals surface area contributed by atoms with Gasteiger partial charge >= 0.3 is 6.18 Å². The van der Waals surface area contributed by atoms with Gasteiger partial charge in [-0.3, -0.25) is 0 Å². The fourth-order valence-electron chi connectivity index (χ4n) is 1.20. The fraction of sp³-hybridized carbons (Fsp3) is 0.500. The van der Waals surface area contributed by atoms with Crippen molar-refractivity contribution in [1.82, 2.24) is 9.29 Å². The minimum atomic E-state index is -4.52. The zero-order valence-electron chi connectivity index (χ0n) is 10.7. The number of hydrogen-bond acceptors (Lipinski definition) is 4. The van der Waals surface area contributed by atoms with Crippen LogP contribution in [0.25, 0.3) is 0 Å². The molecular weight excluding hydrogens is 319 g/mol. The van der Waals surface area contributed by atoms with Crippen molar-refractivity contribution in [2.75, 3.05) is 31.7 Å². The van der Waals surface area contributed by atoms with E-state index in [1.165, 1.54) is 14.1 Å². The molecule has 0 fully saturated rings. The van der Waals surface area contributed by atoms with Crippen LogP contribution >= 0.6 is 11.6 Å². The normalized spacial score (nSPS) is 12.8. The van der Waals surface area contributed by atoms with E-state index in [4.69, 9.17) is 11.6 Å². The van der Waals surface area contributed by atoms with Crippen molar-refractivity contribution in [1.29, 1.82) is 0 Å². The van der Waals surface area contributed by atoms with Crippen molar-refractivity contribution in [3.63, 3.8) is 0 Å². The van der Waals surface area contributed by atoms with Gasteiger partial charge in [0.05, 0.1) is 16.3 Å². The summed E-state index contributed by atoms with van der Waals surface area (Å²) < 4.78 is 61.2. The lowest BCUT2D eigenvalue weighted by atomic mass is 10.3. The summed E-state index contributed by atoms with van der Waals surface area (Å²) in [5.74, 6) is -0.215. The van der Waals surface area contributed by atoms with E-state index in [-0.39, 0.29) is 23.1 Å². The number of aromatic nitrogens is 1. The quantitative estimate of drug-likeness (QED) is 0.897. The van der Waals surface area contributed by atoms with E-state index >= 15 is 0 Å². The molecule has 0 amide bonds. The second-order valence-electron chi connectivity index (χ2n) is 4.08. The maximum absolute atomic E-state index is 12.4. The first kappa shape index (κ1) is 17.0. The summed E-state index contributed by atoms with van der Waals surface area (Å²) in [6.07, 6.45) is -3.89. The molecule has 0 spiro atoms. The van der Waals surface area contributed by atoms with Gasteiger partial charge in [0.15, 0.2) is 0 Å². The molecule has 0 aliphatic carbocycles. The Balaban J connectivity index is 2.72. The Labute approximate surface area is 119 Å². The van der Waals surface area contributed by atoms with Crippen LogP contribution in [0.5, 0.6) is 0 Å². The van der Waals surface area contributed by atoms with Crippen molar-refractivity contribution >= 4 is 27.4 Å². The number of nitrogens with zero attached hydrogens (tertiary/aromatic N) is 2. The Morgan fingerprint density at radius 2 is 2.00 bits per heavy atom. The molecular formula is C10H13ClF3N3O2S. The van der Waals surface area contributed by atoms with E-state index in [0.717, 1.165) is 10.4 Å². The van der Waals surface area contributed by atoms with E-state index in [2.05, 4.69) is 10.3 Å². The van der Waals surface area contributed by atoms with Crippen LogP contribution in [0.2, 0.25) is 5.02 Å². The molecule has 0 aromatic carbocycles. The average Bonchev–Trinajstić information content (AvgIpc) is 2.29. The van der Waals surface area contributed by atoms with Crippen molar-refractivity contribution in [2.24, 2.45) is 0 Å². The summed E-state index contributed by atoms with van der Waals surface area (Å²) in [4.78, 5) is 3.54. The van der Waals surface area contributed by atoms with Crippen LogP contribution in [0, 0.1) is 0 Å². The molecule has 0 unspecified atom stereocenters. The zero-order chi connectivity index (χ0) is 15.6. The van der Waals surface area contributed by atoms with E-state index in [1.807, 2.05) is 0 Å². The van der Waals surface area contributed by atoms with Crippen molar-refractivity contribution in [3.05, 3.63) is 22.8 Å². The molecule has 0 aliphatic rings. The Morgan fingerprint density at radius 3 is 2.45 bits per heavy atom. The monoisotopic (exact) mass is 331 g/mol.